The van der Waals surface area contributed by atoms with Gasteiger partial charge in [0.15, 0.2) is 5.11 Å². The third kappa shape index (κ3) is 8.13. The summed E-state index contributed by atoms with van der Waals surface area (Å²) in [4.78, 5) is 11.9. The summed E-state index contributed by atoms with van der Waals surface area (Å²) in [5.74, 6) is -0.840. The summed E-state index contributed by atoms with van der Waals surface area (Å²) in [6.45, 7) is 8.74. The molecule has 7 N–H and O–H groups in total. The van der Waals surface area contributed by atoms with E-state index in [4.69, 9.17) is 28.2 Å². The quantitative estimate of drug-likeness (QED) is 0.153. The number of benzene rings is 2. The minimum atomic E-state index is -1.02. The largest absolute Gasteiger partial charge is 0.506 e. The fourth-order valence-corrected chi connectivity index (χ4v) is 4.19. The summed E-state index contributed by atoms with van der Waals surface area (Å²) in [5, 5.41) is 36.8. The van der Waals surface area contributed by atoms with Gasteiger partial charge in [0.25, 0.3) is 0 Å². The summed E-state index contributed by atoms with van der Waals surface area (Å²) < 4.78 is 0. The molecule has 0 radical (unpaired) electrons. The molecule has 3 rings (SSSR count). The highest BCUT2D eigenvalue weighted by atomic mass is 32.1. The molecule has 192 valence electrons. The van der Waals surface area contributed by atoms with Crippen LogP contribution in [0.2, 0.25) is 0 Å². The van der Waals surface area contributed by atoms with Crippen LogP contribution in [0.5, 0.6) is 5.75 Å². The molecule has 1 heterocycles. The lowest BCUT2D eigenvalue weighted by Gasteiger charge is -2.19. The second-order valence-electron chi connectivity index (χ2n) is 8.82. The zero-order valence-corrected chi connectivity index (χ0v) is 22.3. The lowest BCUT2D eigenvalue weighted by atomic mass is 9.86. The van der Waals surface area contributed by atoms with Crippen LogP contribution < -0.4 is 16.5 Å². The Kier molecular flexibility index (Phi) is 10.5. The van der Waals surface area contributed by atoms with E-state index in [1.165, 1.54) is 29.0 Å². The number of nitrogens with two attached hydrogens (primary N) is 1. The zero-order chi connectivity index (χ0) is 26.9. The van der Waals surface area contributed by atoms with Crippen molar-refractivity contribution in [3.63, 3.8) is 0 Å². The molecule has 0 fully saturated rings. The minimum Gasteiger partial charge on any atom is -0.506 e. The fourth-order valence-electron chi connectivity index (χ4n) is 3.02. The van der Waals surface area contributed by atoms with Gasteiger partial charge in [0, 0.05) is 17.6 Å². The third-order valence-electron chi connectivity index (χ3n) is 4.99. The predicted molar refractivity (Wildman–Crippen MR) is 151 cm³/mol. The maximum atomic E-state index is 11.1. The molecule has 0 saturated carbocycles. The van der Waals surface area contributed by atoms with Gasteiger partial charge in [0.05, 0.1) is 28.3 Å². The van der Waals surface area contributed by atoms with Crippen molar-refractivity contribution in [2.24, 2.45) is 10.8 Å². The second-order valence-corrected chi connectivity index (χ2v) is 10.1. The molecule has 10 heteroatoms. The van der Waals surface area contributed by atoms with Crippen LogP contribution in [0.15, 0.2) is 59.0 Å². The van der Waals surface area contributed by atoms with Gasteiger partial charge in [-0.05, 0) is 53.9 Å². The van der Waals surface area contributed by atoms with Crippen LogP contribution in [0.4, 0.5) is 5.69 Å². The van der Waals surface area contributed by atoms with E-state index in [9.17, 15) is 9.90 Å². The number of aromatic carboxylic acids is 1. The van der Waals surface area contributed by atoms with E-state index in [0.29, 0.717) is 23.5 Å². The van der Waals surface area contributed by atoms with Crippen LogP contribution in [0.3, 0.4) is 0 Å². The average molecular weight is 529 g/mol. The fraction of sp³-hybridized carbons (Fsp3) is 0.269. The highest BCUT2D eigenvalue weighted by Crippen LogP contribution is 2.39. The molecule has 0 spiro atoms. The van der Waals surface area contributed by atoms with Crippen LogP contribution in [0, 0.1) is 0 Å². The van der Waals surface area contributed by atoms with Gasteiger partial charge >= 0.3 is 5.97 Å². The average Bonchev–Trinajstić information content (AvgIpc) is 3.23. The lowest BCUT2D eigenvalue weighted by molar-refractivity contribution is 0.0697. The van der Waals surface area contributed by atoms with Gasteiger partial charge < -0.3 is 26.4 Å². The van der Waals surface area contributed by atoms with Crippen molar-refractivity contribution in [3.05, 3.63) is 70.6 Å². The molecule has 36 heavy (non-hydrogen) atoms. The van der Waals surface area contributed by atoms with Crippen molar-refractivity contribution in [1.29, 1.82) is 0 Å². The van der Waals surface area contributed by atoms with Crippen molar-refractivity contribution in [2.75, 3.05) is 18.5 Å². The van der Waals surface area contributed by atoms with Gasteiger partial charge in [-0.25, -0.2) is 4.79 Å². The van der Waals surface area contributed by atoms with Gasteiger partial charge in [-0.3, -0.25) is 5.43 Å². The van der Waals surface area contributed by atoms with Crippen LogP contribution in [-0.2, 0) is 5.41 Å². The van der Waals surface area contributed by atoms with Gasteiger partial charge in [-0.1, -0.05) is 51.1 Å². The summed E-state index contributed by atoms with van der Waals surface area (Å²) in [5.41, 5.74) is 11.6. The number of carboxylic acid groups (broad SMARTS) is 1. The van der Waals surface area contributed by atoms with Crippen molar-refractivity contribution in [2.45, 2.75) is 33.1 Å². The van der Waals surface area contributed by atoms with Gasteiger partial charge in [-0.2, -0.15) is 5.10 Å². The molecule has 0 aliphatic rings. The number of anilines is 1. The first-order valence-electron chi connectivity index (χ1n) is 11.1. The predicted octanol–water partition coefficient (Wildman–Crippen LogP) is 4.76. The molecule has 3 aromatic rings. The second kappa shape index (κ2) is 13.1. The lowest BCUT2D eigenvalue weighted by Crippen LogP contribution is -2.25. The van der Waals surface area contributed by atoms with Gasteiger partial charge in [0.1, 0.15) is 5.75 Å². The Labute approximate surface area is 220 Å². The summed E-state index contributed by atoms with van der Waals surface area (Å²) in [6.07, 6.45) is 0. The number of thiophene rings is 1. The number of nitrogens with one attached hydrogen (secondary N) is 2. The number of hydrogen-bond donors (Lipinski definition) is 6. The van der Waals surface area contributed by atoms with Gasteiger partial charge in [-0.15, -0.1) is 11.3 Å². The van der Waals surface area contributed by atoms with E-state index in [0.717, 1.165) is 10.4 Å². The Balaban J connectivity index is 0.00000106. The Bertz CT molecular complexity index is 1210. The standard InChI is InChI=1S/C24H25N3O3S2.C2H7NO/c1-14(26-27-23(31)25-18-7-5-6-16(12-18)22(29)30)19-13-32-21(20(19)28)15-8-10-17(11-9-15)24(2,3)4;3-1-2-4/h5-13,28H,1-4H3,(H,29,30)(H2,25,27,31);4H,1-3H2/b26-14+;. The first kappa shape index (κ1) is 28.9. The number of carboxylic acids is 1. The molecule has 0 aliphatic heterocycles. The number of hydrogen-bond acceptors (Lipinski definition) is 7. The number of carbonyl (C=O) groups is 1. The molecule has 8 nitrogen and oxygen atoms in total. The van der Waals surface area contributed by atoms with E-state index in [2.05, 4.69) is 48.7 Å². The molecular formula is C26H32N4O4S2. The van der Waals surface area contributed by atoms with Gasteiger partial charge in [0.2, 0.25) is 0 Å². The van der Waals surface area contributed by atoms with Crippen molar-refractivity contribution >= 4 is 46.0 Å². The topological polar surface area (TPSA) is 140 Å². The highest BCUT2D eigenvalue weighted by molar-refractivity contribution is 7.80. The normalized spacial score (nSPS) is 11.3. The monoisotopic (exact) mass is 528 g/mol. The number of aromatic hydroxyl groups is 1. The van der Waals surface area contributed by atoms with E-state index >= 15 is 0 Å². The molecule has 0 amide bonds. The van der Waals surface area contributed by atoms with Crippen molar-refractivity contribution < 1.29 is 20.1 Å². The minimum absolute atomic E-state index is 0.0670. The first-order valence-corrected chi connectivity index (χ1v) is 12.4. The number of hydrazone groups is 1. The smallest absolute Gasteiger partial charge is 0.335 e. The highest BCUT2D eigenvalue weighted by Gasteiger charge is 2.17. The molecular weight excluding hydrogens is 496 g/mol. The first-order chi connectivity index (χ1) is 17.0. The molecule has 2 aromatic carbocycles. The SMILES string of the molecule is C/C(=N\NC(=S)Nc1cccc(C(=O)O)c1)c1csc(-c2ccc(C(C)(C)C)cc2)c1O.NCCO. The van der Waals surface area contributed by atoms with Crippen LogP contribution in [-0.4, -0.2) is 45.3 Å². The van der Waals surface area contributed by atoms with Crippen LogP contribution in [0.1, 0.15) is 49.2 Å². The van der Waals surface area contributed by atoms with E-state index in [1.807, 2.05) is 17.5 Å². The van der Waals surface area contributed by atoms with Crippen LogP contribution in [0.25, 0.3) is 10.4 Å². The van der Waals surface area contributed by atoms with E-state index in [-0.39, 0.29) is 28.4 Å². The Hall–Kier alpha value is -3.31. The number of aliphatic hydroxyl groups is 1. The molecule has 0 unspecified atom stereocenters. The van der Waals surface area contributed by atoms with E-state index in [1.54, 1.807) is 19.1 Å². The molecule has 0 bridgehead atoms. The molecule has 0 aliphatic carbocycles. The van der Waals surface area contributed by atoms with Crippen molar-refractivity contribution in [1.82, 2.24) is 5.43 Å². The number of aliphatic hydroxyl groups excluding tert-OH is 1. The summed E-state index contributed by atoms with van der Waals surface area (Å²) in [6, 6.07) is 14.5. The zero-order valence-electron chi connectivity index (χ0n) is 20.7. The Morgan fingerprint density at radius 1 is 1.17 bits per heavy atom. The molecule has 0 atom stereocenters. The number of nitrogens with zero attached hydrogens (tertiary/aromatic N) is 1. The summed E-state index contributed by atoms with van der Waals surface area (Å²) in [7, 11) is 0. The Morgan fingerprint density at radius 2 is 1.81 bits per heavy atom. The maximum absolute atomic E-state index is 11.1. The maximum Gasteiger partial charge on any atom is 0.335 e. The Morgan fingerprint density at radius 3 is 2.36 bits per heavy atom. The summed E-state index contributed by atoms with van der Waals surface area (Å²) >= 11 is 6.68. The molecule has 1 aromatic heterocycles. The number of rotatable bonds is 6. The van der Waals surface area contributed by atoms with Crippen molar-refractivity contribution in [3.8, 4) is 16.2 Å². The van der Waals surface area contributed by atoms with E-state index < -0.39 is 5.97 Å². The van der Waals surface area contributed by atoms with Crippen LogP contribution >= 0.6 is 23.6 Å². The molecule has 0 saturated heterocycles. The third-order valence-corrected chi connectivity index (χ3v) is 6.20. The number of thiocarbonyl (C=S) groups is 1.